The van der Waals surface area contributed by atoms with Gasteiger partial charge in [-0.05, 0) is 68.1 Å². The van der Waals surface area contributed by atoms with Crippen molar-refractivity contribution in [1.82, 2.24) is 10.2 Å². The summed E-state index contributed by atoms with van der Waals surface area (Å²) in [6, 6.07) is 11.4. The molecule has 3 rings (SSSR count). The fraction of sp³-hybridized carbons (Fsp3) is 0.417. The first-order valence-corrected chi connectivity index (χ1v) is 12.5. The van der Waals surface area contributed by atoms with Gasteiger partial charge in [0.1, 0.15) is 0 Å². The molecule has 0 spiro atoms. The van der Waals surface area contributed by atoms with Crippen molar-refractivity contribution in [2.24, 2.45) is 5.92 Å². The van der Waals surface area contributed by atoms with Crippen LogP contribution in [-0.4, -0.2) is 58.5 Å². The van der Waals surface area contributed by atoms with Gasteiger partial charge in [0.2, 0.25) is 5.91 Å². The summed E-state index contributed by atoms with van der Waals surface area (Å²) in [5, 5.41) is 2.85. The highest BCUT2D eigenvalue weighted by atomic mass is 32.2. The van der Waals surface area contributed by atoms with Crippen molar-refractivity contribution in [3.8, 4) is 0 Å². The number of benzene rings is 2. The lowest BCUT2D eigenvalue weighted by atomic mass is 9.95. The van der Waals surface area contributed by atoms with E-state index >= 15 is 0 Å². The van der Waals surface area contributed by atoms with Crippen LogP contribution in [0.15, 0.2) is 47.4 Å². The van der Waals surface area contributed by atoms with Crippen molar-refractivity contribution in [2.45, 2.75) is 31.6 Å². The van der Waals surface area contributed by atoms with Crippen LogP contribution < -0.4 is 10.0 Å². The van der Waals surface area contributed by atoms with Crippen molar-refractivity contribution < 1.29 is 22.7 Å². The molecule has 0 aliphatic carbocycles. The lowest BCUT2D eigenvalue weighted by Gasteiger charge is -2.31. The molecule has 178 valence electrons. The van der Waals surface area contributed by atoms with Crippen LogP contribution in [0.2, 0.25) is 0 Å². The van der Waals surface area contributed by atoms with Gasteiger partial charge in [0.05, 0.1) is 11.5 Å². The van der Waals surface area contributed by atoms with E-state index in [0.29, 0.717) is 50.3 Å². The second kappa shape index (κ2) is 10.8. The average Bonchev–Trinajstić information content (AvgIpc) is 2.80. The molecule has 0 atom stereocenters. The van der Waals surface area contributed by atoms with E-state index in [1.54, 1.807) is 54.5 Å². The van der Waals surface area contributed by atoms with Crippen LogP contribution in [0, 0.1) is 19.8 Å². The number of nitrogens with zero attached hydrogens (tertiary/aromatic N) is 1. The van der Waals surface area contributed by atoms with Gasteiger partial charge in [0, 0.05) is 43.9 Å². The van der Waals surface area contributed by atoms with Crippen LogP contribution in [0.25, 0.3) is 0 Å². The molecular weight excluding hydrogens is 442 g/mol. The smallest absolute Gasteiger partial charge is 0.261 e. The third kappa shape index (κ3) is 6.33. The first-order valence-electron chi connectivity index (χ1n) is 11.0. The zero-order valence-corrected chi connectivity index (χ0v) is 20.1. The number of likely N-dealkylation sites (tertiary alicyclic amines) is 1. The molecule has 2 aromatic rings. The van der Waals surface area contributed by atoms with E-state index in [2.05, 4.69) is 10.0 Å². The van der Waals surface area contributed by atoms with Gasteiger partial charge in [0.15, 0.2) is 0 Å². The minimum atomic E-state index is -3.77. The summed E-state index contributed by atoms with van der Waals surface area (Å²) in [4.78, 5) is 27.1. The summed E-state index contributed by atoms with van der Waals surface area (Å²) in [6.45, 7) is 5.66. The Balaban J connectivity index is 1.63. The largest absolute Gasteiger partial charge is 0.383 e. The van der Waals surface area contributed by atoms with Gasteiger partial charge in [-0.15, -0.1) is 0 Å². The van der Waals surface area contributed by atoms with E-state index < -0.39 is 10.0 Å². The van der Waals surface area contributed by atoms with E-state index in [4.69, 9.17) is 4.74 Å². The van der Waals surface area contributed by atoms with Crippen LogP contribution >= 0.6 is 0 Å². The van der Waals surface area contributed by atoms with Crippen LogP contribution in [0.4, 0.5) is 5.69 Å². The number of ether oxygens (including phenoxy) is 1. The standard InChI is InChI=1S/C24H31N3O5S/c1-17-7-8-22(15-18(17)2)33(30,31)26-21-6-4-5-20(16-21)24(29)27-12-9-19(10-13-27)23(28)25-11-14-32-3/h4-8,15-16,19,26H,9-14H2,1-3H3,(H,25,28). The van der Waals surface area contributed by atoms with Gasteiger partial charge < -0.3 is 15.0 Å². The van der Waals surface area contributed by atoms with Crippen LogP contribution in [-0.2, 0) is 19.6 Å². The summed E-state index contributed by atoms with van der Waals surface area (Å²) >= 11 is 0. The number of rotatable bonds is 8. The molecule has 33 heavy (non-hydrogen) atoms. The molecule has 1 fully saturated rings. The Kier molecular flexibility index (Phi) is 8.10. The van der Waals surface area contributed by atoms with Gasteiger partial charge in [-0.3, -0.25) is 14.3 Å². The predicted octanol–water partition coefficient (Wildman–Crippen LogP) is 2.72. The number of carbonyl (C=O) groups excluding carboxylic acids is 2. The lowest BCUT2D eigenvalue weighted by Crippen LogP contribution is -2.43. The zero-order chi connectivity index (χ0) is 24.0. The summed E-state index contributed by atoms with van der Waals surface area (Å²) in [7, 11) is -2.19. The molecule has 0 unspecified atom stereocenters. The molecule has 1 saturated heterocycles. The Labute approximate surface area is 195 Å². The fourth-order valence-electron chi connectivity index (χ4n) is 3.76. The predicted molar refractivity (Wildman–Crippen MR) is 127 cm³/mol. The minimum absolute atomic E-state index is 0.0121. The Hall–Kier alpha value is -2.91. The van der Waals surface area contributed by atoms with Gasteiger partial charge >= 0.3 is 0 Å². The molecule has 2 N–H and O–H groups in total. The topological polar surface area (TPSA) is 105 Å². The van der Waals surface area contributed by atoms with Crippen LogP contribution in [0.1, 0.15) is 34.3 Å². The molecule has 2 aromatic carbocycles. The van der Waals surface area contributed by atoms with Crippen molar-refractivity contribution in [3.05, 3.63) is 59.2 Å². The molecule has 1 aliphatic rings. The molecule has 0 saturated carbocycles. The summed E-state index contributed by atoms with van der Waals surface area (Å²) in [5.41, 5.74) is 2.63. The Bertz CT molecular complexity index is 1110. The number of aryl methyl sites for hydroxylation is 2. The number of piperidine rings is 1. The first-order chi connectivity index (χ1) is 15.7. The second-order valence-corrected chi connectivity index (χ2v) is 9.97. The molecule has 9 heteroatoms. The molecule has 0 aromatic heterocycles. The van der Waals surface area contributed by atoms with Gasteiger partial charge in [-0.2, -0.15) is 0 Å². The number of amides is 2. The second-order valence-electron chi connectivity index (χ2n) is 8.28. The highest BCUT2D eigenvalue weighted by Gasteiger charge is 2.28. The average molecular weight is 474 g/mol. The fourth-order valence-corrected chi connectivity index (χ4v) is 4.89. The van der Waals surface area contributed by atoms with Crippen molar-refractivity contribution in [3.63, 3.8) is 0 Å². The number of hydrogen-bond acceptors (Lipinski definition) is 5. The molecule has 1 heterocycles. The Morgan fingerprint density at radius 1 is 1.06 bits per heavy atom. The summed E-state index contributed by atoms with van der Waals surface area (Å²) in [6.07, 6.45) is 1.17. The van der Waals surface area contributed by atoms with E-state index in [0.717, 1.165) is 11.1 Å². The third-order valence-corrected chi connectivity index (χ3v) is 7.29. The van der Waals surface area contributed by atoms with E-state index in [-0.39, 0.29) is 22.6 Å². The normalized spacial score (nSPS) is 14.7. The molecule has 0 bridgehead atoms. The maximum atomic E-state index is 13.0. The Morgan fingerprint density at radius 2 is 1.79 bits per heavy atom. The van der Waals surface area contributed by atoms with E-state index in [9.17, 15) is 18.0 Å². The number of sulfonamides is 1. The third-order valence-electron chi connectivity index (χ3n) is 5.91. The molecule has 1 aliphatic heterocycles. The maximum Gasteiger partial charge on any atom is 0.261 e. The number of hydrogen-bond donors (Lipinski definition) is 2. The molecule has 0 radical (unpaired) electrons. The summed E-state index contributed by atoms with van der Waals surface area (Å²) < 4.78 is 33.1. The zero-order valence-electron chi connectivity index (χ0n) is 19.3. The number of nitrogens with one attached hydrogen (secondary N) is 2. The SMILES string of the molecule is COCCNC(=O)C1CCN(C(=O)c2cccc(NS(=O)(=O)c3ccc(C)c(C)c3)c2)CC1. The van der Waals surface area contributed by atoms with Gasteiger partial charge in [0.25, 0.3) is 15.9 Å². The number of anilines is 1. The van der Waals surface area contributed by atoms with Crippen molar-refractivity contribution >= 4 is 27.5 Å². The lowest BCUT2D eigenvalue weighted by molar-refractivity contribution is -0.126. The quantitative estimate of drug-likeness (QED) is 0.574. The highest BCUT2D eigenvalue weighted by molar-refractivity contribution is 7.92. The van der Waals surface area contributed by atoms with E-state index in [1.807, 2.05) is 13.8 Å². The summed E-state index contributed by atoms with van der Waals surface area (Å²) in [5.74, 6) is -0.315. The number of carbonyl (C=O) groups is 2. The van der Waals surface area contributed by atoms with Crippen molar-refractivity contribution in [1.29, 1.82) is 0 Å². The molecule has 2 amide bonds. The maximum absolute atomic E-state index is 13.0. The Morgan fingerprint density at radius 3 is 2.45 bits per heavy atom. The van der Waals surface area contributed by atoms with Crippen LogP contribution in [0.5, 0.6) is 0 Å². The molecular formula is C24H31N3O5S. The van der Waals surface area contributed by atoms with Gasteiger partial charge in [-0.1, -0.05) is 12.1 Å². The van der Waals surface area contributed by atoms with Gasteiger partial charge in [-0.25, -0.2) is 8.42 Å². The minimum Gasteiger partial charge on any atom is -0.383 e. The molecule has 8 nitrogen and oxygen atoms in total. The number of methoxy groups -OCH3 is 1. The first kappa shape index (κ1) is 24.7. The van der Waals surface area contributed by atoms with Crippen molar-refractivity contribution in [2.75, 3.05) is 38.1 Å². The van der Waals surface area contributed by atoms with Crippen LogP contribution in [0.3, 0.4) is 0 Å². The highest BCUT2D eigenvalue weighted by Crippen LogP contribution is 2.22. The van der Waals surface area contributed by atoms with E-state index in [1.165, 1.54) is 0 Å². The monoisotopic (exact) mass is 473 g/mol.